The second kappa shape index (κ2) is 8.15. The molecule has 1 heterocycles. The van der Waals surface area contributed by atoms with E-state index < -0.39 is 6.10 Å². The van der Waals surface area contributed by atoms with Crippen LogP contribution in [0.2, 0.25) is 0 Å². The Bertz CT molecular complexity index is 1060. The molecule has 0 bridgehead atoms. The summed E-state index contributed by atoms with van der Waals surface area (Å²) in [5, 5.41) is 12.1. The number of aryl methyl sites for hydroxylation is 3. The normalized spacial score (nSPS) is 21.6. The largest absolute Gasteiger partial charge is 0.488 e. The van der Waals surface area contributed by atoms with Crippen molar-refractivity contribution in [2.75, 3.05) is 7.05 Å². The van der Waals surface area contributed by atoms with E-state index in [4.69, 9.17) is 4.74 Å². The molecule has 1 saturated carbocycles. The monoisotopic (exact) mass is 406 g/mol. The number of likely N-dealkylation sites (N-methyl/N-ethyl adjacent to an activating group) is 1. The van der Waals surface area contributed by atoms with Gasteiger partial charge in [-0.15, -0.1) is 0 Å². The van der Waals surface area contributed by atoms with E-state index in [-0.39, 0.29) is 18.1 Å². The molecule has 158 valence electrons. The average molecular weight is 407 g/mol. The molecule has 1 aliphatic carbocycles. The lowest BCUT2D eigenvalue weighted by Crippen LogP contribution is -2.53. The van der Waals surface area contributed by atoms with Crippen molar-refractivity contribution in [1.29, 1.82) is 0 Å². The van der Waals surface area contributed by atoms with Crippen LogP contribution in [0, 0.1) is 20.8 Å². The Balaban J connectivity index is 1.57. The third-order valence-corrected chi connectivity index (χ3v) is 6.33. The van der Waals surface area contributed by atoms with Crippen molar-refractivity contribution in [3.05, 3.63) is 64.8 Å². The first kappa shape index (κ1) is 20.5. The van der Waals surface area contributed by atoms with Crippen LogP contribution in [0.3, 0.4) is 0 Å². The van der Waals surface area contributed by atoms with Crippen LogP contribution in [-0.2, 0) is 0 Å². The molecule has 1 aromatic heterocycles. The molecular formula is C25H30N2O3. The van der Waals surface area contributed by atoms with Crippen LogP contribution in [0.5, 0.6) is 5.75 Å². The number of rotatable bonds is 4. The van der Waals surface area contributed by atoms with E-state index in [1.807, 2.05) is 37.3 Å². The van der Waals surface area contributed by atoms with Crippen molar-refractivity contribution in [3.8, 4) is 5.75 Å². The number of carbonyl (C=O) groups excluding carboxylic acids is 1. The molecule has 1 fully saturated rings. The van der Waals surface area contributed by atoms with Gasteiger partial charge in [-0.1, -0.05) is 29.8 Å². The molecule has 0 radical (unpaired) electrons. The number of nitrogens with one attached hydrogen (secondary N) is 1. The summed E-state index contributed by atoms with van der Waals surface area (Å²) in [5.74, 6) is 0.652. The van der Waals surface area contributed by atoms with Gasteiger partial charge >= 0.3 is 0 Å². The molecule has 0 saturated heterocycles. The van der Waals surface area contributed by atoms with Gasteiger partial charge in [-0.3, -0.25) is 4.79 Å². The first-order valence-corrected chi connectivity index (χ1v) is 10.6. The maximum atomic E-state index is 13.4. The van der Waals surface area contributed by atoms with E-state index in [1.165, 1.54) is 5.56 Å². The number of amides is 1. The molecule has 1 aliphatic rings. The highest BCUT2D eigenvalue weighted by Crippen LogP contribution is 2.30. The first-order chi connectivity index (χ1) is 14.4. The molecular weight excluding hydrogens is 376 g/mol. The summed E-state index contributed by atoms with van der Waals surface area (Å²) >= 11 is 0. The minimum absolute atomic E-state index is 0.0924. The third kappa shape index (κ3) is 3.70. The van der Waals surface area contributed by atoms with E-state index in [0.717, 1.165) is 47.0 Å². The van der Waals surface area contributed by atoms with Crippen LogP contribution >= 0.6 is 0 Å². The summed E-state index contributed by atoms with van der Waals surface area (Å²) in [6, 6.07) is 13.5. The predicted molar refractivity (Wildman–Crippen MR) is 119 cm³/mol. The van der Waals surface area contributed by atoms with Gasteiger partial charge in [-0.2, -0.15) is 0 Å². The molecule has 1 amide bonds. The molecule has 3 aromatic rings. The van der Waals surface area contributed by atoms with Crippen molar-refractivity contribution in [2.24, 2.45) is 0 Å². The number of nitrogens with zero attached hydrogens (tertiary/aromatic N) is 1. The van der Waals surface area contributed by atoms with Crippen molar-refractivity contribution < 1.29 is 14.6 Å². The number of ether oxygens (including phenoxy) is 1. The summed E-state index contributed by atoms with van der Waals surface area (Å²) in [6.07, 6.45) is 1.38. The van der Waals surface area contributed by atoms with Gasteiger partial charge in [0, 0.05) is 18.0 Å². The fourth-order valence-electron chi connectivity index (χ4n) is 4.67. The molecule has 5 nitrogen and oxygen atoms in total. The van der Waals surface area contributed by atoms with Crippen LogP contribution in [0.15, 0.2) is 42.5 Å². The van der Waals surface area contributed by atoms with Gasteiger partial charge in [-0.05, 0) is 69.4 Å². The van der Waals surface area contributed by atoms with E-state index in [1.54, 1.807) is 11.9 Å². The lowest BCUT2D eigenvalue weighted by molar-refractivity contribution is -0.0413. The zero-order chi connectivity index (χ0) is 21.4. The summed E-state index contributed by atoms with van der Waals surface area (Å²) in [7, 11) is 1.78. The highest BCUT2D eigenvalue weighted by molar-refractivity contribution is 6.01. The number of benzene rings is 2. The van der Waals surface area contributed by atoms with Gasteiger partial charge in [0.05, 0.1) is 6.04 Å². The van der Waals surface area contributed by atoms with E-state index in [0.29, 0.717) is 5.69 Å². The molecule has 2 N–H and O–H groups in total. The van der Waals surface area contributed by atoms with Crippen molar-refractivity contribution >= 4 is 16.8 Å². The van der Waals surface area contributed by atoms with Gasteiger partial charge in [-0.25, -0.2) is 0 Å². The number of aromatic nitrogens is 1. The smallest absolute Gasteiger partial charge is 0.270 e. The maximum Gasteiger partial charge on any atom is 0.270 e. The second-order valence-corrected chi connectivity index (χ2v) is 8.50. The Hall–Kier alpha value is -2.79. The molecule has 30 heavy (non-hydrogen) atoms. The SMILES string of the molecule is Cc1cc(C)c2[nH]c(C(=O)N(C)[C@@H]3CCC[C@@H](Oc4ccccc4)[C@@H]3O)c(C)c2c1. The topological polar surface area (TPSA) is 65.6 Å². The molecule has 0 aliphatic heterocycles. The number of hydrogen-bond donors (Lipinski definition) is 2. The number of aliphatic hydroxyl groups is 1. The quantitative estimate of drug-likeness (QED) is 0.669. The van der Waals surface area contributed by atoms with Gasteiger partial charge in [0.2, 0.25) is 0 Å². The first-order valence-electron chi connectivity index (χ1n) is 10.6. The highest BCUT2D eigenvalue weighted by atomic mass is 16.5. The van der Waals surface area contributed by atoms with Crippen LogP contribution in [-0.4, -0.2) is 46.2 Å². The lowest BCUT2D eigenvalue weighted by Gasteiger charge is -2.39. The van der Waals surface area contributed by atoms with Gasteiger partial charge in [0.15, 0.2) is 0 Å². The number of para-hydroxylation sites is 1. The number of H-pyrrole nitrogens is 1. The minimum Gasteiger partial charge on any atom is -0.488 e. The Morgan fingerprint density at radius 1 is 1.13 bits per heavy atom. The Kier molecular flexibility index (Phi) is 5.56. The maximum absolute atomic E-state index is 13.4. The van der Waals surface area contributed by atoms with E-state index in [9.17, 15) is 9.90 Å². The van der Waals surface area contributed by atoms with Crippen molar-refractivity contribution in [3.63, 3.8) is 0 Å². The number of aromatic amines is 1. The molecule has 0 unspecified atom stereocenters. The zero-order valence-electron chi connectivity index (χ0n) is 18.1. The summed E-state index contributed by atoms with van der Waals surface area (Å²) in [5.41, 5.74) is 4.86. The van der Waals surface area contributed by atoms with Gasteiger partial charge in [0.25, 0.3) is 5.91 Å². The fourth-order valence-corrected chi connectivity index (χ4v) is 4.67. The van der Waals surface area contributed by atoms with Gasteiger partial charge < -0.3 is 19.7 Å². The summed E-state index contributed by atoms with van der Waals surface area (Å²) < 4.78 is 6.04. The molecule has 2 aromatic carbocycles. The van der Waals surface area contributed by atoms with E-state index in [2.05, 4.69) is 31.0 Å². The van der Waals surface area contributed by atoms with Crippen LogP contribution in [0.4, 0.5) is 0 Å². The second-order valence-electron chi connectivity index (χ2n) is 8.50. The molecule has 3 atom stereocenters. The number of aliphatic hydroxyl groups excluding tert-OH is 1. The van der Waals surface area contributed by atoms with Crippen molar-refractivity contribution in [2.45, 2.75) is 58.3 Å². The van der Waals surface area contributed by atoms with Crippen LogP contribution in [0.25, 0.3) is 10.9 Å². The summed E-state index contributed by atoms with van der Waals surface area (Å²) in [6.45, 7) is 6.11. The number of fused-ring (bicyclic) bond motifs is 1. The van der Waals surface area contributed by atoms with Crippen LogP contribution < -0.4 is 4.74 Å². The van der Waals surface area contributed by atoms with Gasteiger partial charge in [0.1, 0.15) is 23.7 Å². The molecule has 5 heteroatoms. The van der Waals surface area contributed by atoms with Crippen LogP contribution in [0.1, 0.15) is 46.4 Å². The Morgan fingerprint density at radius 2 is 1.87 bits per heavy atom. The zero-order valence-corrected chi connectivity index (χ0v) is 18.1. The highest BCUT2D eigenvalue weighted by Gasteiger charge is 2.38. The average Bonchev–Trinajstić information content (AvgIpc) is 3.06. The number of carbonyl (C=O) groups is 1. The summed E-state index contributed by atoms with van der Waals surface area (Å²) in [4.78, 5) is 18.4. The lowest BCUT2D eigenvalue weighted by atomic mass is 9.88. The minimum atomic E-state index is -0.735. The molecule has 4 rings (SSSR count). The Labute approximate surface area is 177 Å². The number of hydrogen-bond acceptors (Lipinski definition) is 3. The van der Waals surface area contributed by atoms with Crippen molar-refractivity contribution in [1.82, 2.24) is 9.88 Å². The Morgan fingerprint density at radius 3 is 2.60 bits per heavy atom. The molecule has 0 spiro atoms. The predicted octanol–water partition coefficient (Wildman–Crippen LogP) is 4.53. The standard InChI is InChI=1S/C25H30N2O3/c1-15-13-16(2)22-19(14-15)17(3)23(26-22)25(29)27(4)20-11-8-12-21(24(20)28)30-18-9-6-5-7-10-18/h5-7,9-10,13-14,20-21,24,26,28H,8,11-12H2,1-4H3/t20-,21-,24-/m1/s1. The third-order valence-electron chi connectivity index (χ3n) is 6.33. The fraction of sp³-hybridized carbons (Fsp3) is 0.400. The van der Waals surface area contributed by atoms with E-state index >= 15 is 0 Å².